The van der Waals surface area contributed by atoms with E-state index in [2.05, 4.69) is 0 Å². The molecule has 3 rings (SSSR count). The summed E-state index contributed by atoms with van der Waals surface area (Å²) in [5.41, 5.74) is 1.11. The predicted octanol–water partition coefficient (Wildman–Crippen LogP) is 4.17. The first-order chi connectivity index (χ1) is 10.7. The largest absolute Gasteiger partial charge is 0.481 e. The predicted molar refractivity (Wildman–Crippen MR) is 82.1 cm³/mol. The molecule has 0 saturated carbocycles. The van der Waals surface area contributed by atoms with Crippen molar-refractivity contribution >= 4 is 5.97 Å². The summed E-state index contributed by atoms with van der Waals surface area (Å²) in [4.78, 5) is 10.5. The molecule has 1 aliphatic rings. The Morgan fingerprint density at radius 1 is 1.05 bits per heavy atom. The van der Waals surface area contributed by atoms with Crippen LogP contribution in [0.25, 0.3) is 0 Å². The maximum Gasteiger partial charge on any atom is 0.303 e. The molecule has 0 bridgehead atoms. The maximum atomic E-state index is 10.5. The van der Waals surface area contributed by atoms with Crippen LogP contribution in [0.15, 0.2) is 54.6 Å². The van der Waals surface area contributed by atoms with Gasteiger partial charge >= 0.3 is 5.97 Å². The van der Waals surface area contributed by atoms with Crippen molar-refractivity contribution in [2.75, 3.05) is 0 Å². The fourth-order valence-corrected chi connectivity index (χ4v) is 2.46. The van der Waals surface area contributed by atoms with Gasteiger partial charge in [0.2, 0.25) is 0 Å². The molecule has 4 heteroatoms. The quantitative estimate of drug-likeness (QED) is 0.779. The van der Waals surface area contributed by atoms with Crippen molar-refractivity contribution in [3.8, 4) is 11.5 Å². The van der Waals surface area contributed by atoms with Crippen LogP contribution in [0.5, 0.6) is 11.5 Å². The second-order valence-corrected chi connectivity index (χ2v) is 5.37. The number of benzene rings is 2. The number of para-hydroxylation sites is 1. The van der Waals surface area contributed by atoms with Gasteiger partial charge in [-0.1, -0.05) is 30.3 Å². The van der Waals surface area contributed by atoms with Crippen molar-refractivity contribution in [1.82, 2.24) is 0 Å². The van der Waals surface area contributed by atoms with Gasteiger partial charge in [-0.05, 0) is 42.7 Å². The number of hydrogen-bond donors (Lipinski definition) is 1. The molecule has 4 nitrogen and oxygen atoms in total. The number of rotatable bonds is 7. The normalized spacial score (nSPS) is 19.6. The highest BCUT2D eigenvalue weighted by Gasteiger charge is 2.39. The lowest BCUT2D eigenvalue weighted by molar-refractivity contribution is -0.137. The summed E-state index contributed by atoms with van der Waals surface area (Å²) < 4.78 is 11.4. The lowest BCUT2D eigenvalue weighted by Crippen LogP contribution is -1.96. The van der Waals surface area contributed by atoms with Gasteiger partial charge < -0.3 is 14.6 Å². The molecule has 114 valence electrons. The molecule has 2 unspecified atom stereocenters. The van der Waals surface area contributed by atoms with Crippen LogP contribution in [0.2, 0.25) is 0 Å². The van der Waals surface area contributed by atoms with Crippen LogP contribution in [0.4, 0.5) is 0 Å². The van der Waals surface area contributed by atoms with Crippen LogP contribution >= 0.6 is 0 Å². The monoisotopic (exact) mass is 298 g/mol. The molecule has 22 heavy (non-hydrogen) atoms. The van der Waals surface area contributed by atoms with E-state index in [0.29, 0.717) is 6.42 Å². The number of carbonyl (C=O) groups is 1. The van der Waals surface area contributed by atoms with Crippen molar-refractivity contribution in [1.29, 1.82) is 0 Å². The van der Waals surface area contributed by atoms with E-state index in [1.54, 1.807) is 0 Å². The van der Waals surface area contributed by atoms with Gasteiger partial charge in [-0.3, -0.25) is 4.79 Å². The zero-order valence-electron chi connectivity index (χ0n) is 12.1. The Morgan fingerprint density at radius 2 is 1.73 bits per heavy atom. The topological polar surface area (TPSA) is 59.1 Å². The van der Waals surface area contributed by atoms with Crippen molar-refractivity contribution in [2.45, 2.75) is 31.5 Å². The van der Waals surface area contributed by atoms with E-state index in [9.17, 15) is 4.79 Å². The summed E-state index contributed by atoms with van der Waals surface area (Å²) in [6, 6.07) is 17.5. The average molecular weight is 298 g/mol. The van der Waals surface area contributed by atoms with Gasteiger partial charge in [0.05, 0.1) is 6.10 Å². The molecule has 1 heterocycles. The lowest BCUT2D eigenvalue weighted by atomic mass is 10.1. The Morgan fingerprint density at radius 3 is 2.41 bits per heavy atom. The first-order valence-corrected chi connectivity index (χ1v) is 7.42. The second-order valence-electron chi connectivity index (χ2n) is 5.37. The molecular formula is C18H18O4. The van der Waals surface area contributed by atoms with Gasteiger partial charge in [0.25, 0.3) is 0 Å². The van der Waals surface area contributed by atoms with Gasteiger partial charge in [0, 0.05) is 6.42 Å². The van der Waals surface area contributed by atoms with Gasteiger partial charge in [0.1, 0.15) is 17.6 Å². The van der Waals surface area contributed by atoms with Crippen LogP contribution < -0.4 is 4.74 Å². The number of ether oxygens (including phenoxy) is 2. The van der Waals surface area contributed by atoms with E-state index in [1.165, 1.54) is 0 Å². The van der Waals surface area contributed by atoms with Crippen LogP contribution in [0.1, 0.15) is 30.9 Å². The van der Waals surface area contributed by atoms with E-state index in [1.807, 2.05) is 54.6 Å². The van der Waals surface area contributed by atoms with E-state index >= 15 is 0 Å². The number of hydrogen-bond acceptors (Lipinski definition) is 3. The minimum Gasteiger partial charge on any atom is -0.481 e. The molecule has 0 spiro atoms. The molecule has 2 aromatic rings. The molecular weight excluding hydrogens is 280 g/mol. The summed E-state index contributed by atoms with van der Waals surface area (Å²) in [5.74, 6) is 0.849. The molecule has 2 aromatic carbocycles. The van der Waals surface area contributed by atoms with Crippen molar-refractivity contribution in [2.24, 2.45) is 0 Å². The Labute approximate surface area is 129 Å². The van der Waals surface area contributed by atoms with Crippen LogP contribution in [-0.2, 0) is 9.53 Å². The third kappa shape index (κ3) is 3.86. The van der Waals surface area contributed by atoms with E-state index in [0.717, 1.165) is 23.5 Å². The summed E-state index contributed by atoms with van der Waals surface area (Å²) in [6.45, 7) is 0. The zero-order valence-corrected chi connectivity index (χ0v) is 12.1. The van der Waals surface area contributed by atoms with E-state index < -0.39 is 5.97 Å². The summed E-state index contributed by atoms with van der Waals surface area (Å²) in [6.07, 6.45) is 1.90. The summed E-state index contributed by atoms with van der Waals surface area (Å²) >= 11 is 0. The van der Waals surface area contributed by atoms with E-state index in [-0.39, 0.29) is 18.6 Å². The Balaban J connectivity index is 1.51. The third-order valence-electron chi connectivity index (χ3n) is 3.65. The molecule has 0 amide bonds. The van der Waals surface area contributed by atoms with Crippen molar-refractivity contribution in [3.05, 3.63) is 60.2 Å². The first-order valence-electron chi connectivity index (χ1n) is 7.42. The zero-order chi connectivity index (χ0) is 15.4. The lowest BCUT2D eigenvalue weighted by Gasteiger charge is -2.05. The molecule has 1 N–H and O–H groups in total. The first kappa shape index (κ1) is 14.6. The van der Waals surface area contributed by atoms with Gasteiger partial charge in [0.15, 0.2) is 0 Å². The number of carboxylic acids is 1. The van der Waals surface area contributed by atoms with Gasteiger partial charge in [-0.2, -0.15) is 0 Å². The fourth-order valence-electron chi connectivity index (χ4n) is 2.46. The minimum absolute atomic E-state index is 0.0968. The fraction of sp³-hybridized carbons (Fsp3) is 0.278. The summed E-state index contributed by atoms with van der Waals surface area (Å²) in [7, 11) is 0. The minimum atomic E-state index is -0.750. The molecule has 2 atom stereocenters. The standard InChI is InChI=1S/C18H18O4/c19-17(20)8-4-7-16-18(22-16)13-9-11-15(12-10-13)21-14-5-2-1-3-6-14/h1-3,5-6,9-12,16,18H,4,7-8H2,(H,19,20). The highest BCUT2D eigenvalue weighted by atomic mass is 16.6. The molecule has 0 aromatic heterocycles. The summed E-state index contributed by atoms with van der Waals surface area (Å²) in [5, 5.41) is 8.63. The Kier molecular flexibility index (Phi) is 4.39. The third-order valence-corrected chi connectivity index (χ3v) is 3.65. The van der Waals surface area contributed by atoms with Gasteiger partial charge in [-0.25, -0.2) is 0 Å². The molecule has 1 saturated heterocycles. The number of carboxylic acid groups (broad SMARTS) is 1. The van der Waals surface area contributed by atoms with Crippen molar-refractivity contribution in [3.63, 3.8) is 0 Å². The van der Waals surface area contributed by atoms with Crippen LogP contribution in [0.3, 0.4) is 0 Å². The number of epoxide rings is 1. The Hall–Kier alpha value is -2.33. The maximum absolute atomic E-state index is 10.5. The smallest absolute Gasteiger partial charge is 0.303 e. The van der Waals surface area contributed by atoms with Crippen LogP contribution in [-0.4, -0.2) is 17.2 Å². The SMILES string of the molecule is O=C(O)CCCC1OC1c1ccc(Oc2ccccc2)cc1. The number of aliphatic carboxylic acids is 1. The Bertz CT molecular complexity index is 621. The van der Waals surface area contributed by atoms with E-state index in [4.69, 9.17) is 14.6 Å². The molecule has 0 aliphatic carbocycles. The average Bonchev–Trinajstić information content (AvgIpc) is 3.28. The molecule has 0 radical (unpaired) electrons. The van der Waals surface area contributed by atoms with Gasteiger partial charge in [-0.15, -0.1) is 0 Å². The molecule has 1 fully saturated rings. The van der Waals surface area contributed by atoms with Crippen LogP contribution in [0, 0.1) is 0 Å². The highest BCUT2D eigenvalue weighted by molar-refractivity contribution is 5.66. The second kappa shape index (κ2) is 6.62. The van der Waals surface area contributed by atoms with Crippen molar-refractivity contribution < 1.29 is 19.4 Å². The highest BCUT2D eigenvalue weighted by Crippen LogP contribution is 2.42. The molecule has 1 aliphatic heterocycles.